The summed E-state index contributed by atoms with van der Waals surface area (Å²) in [7, 11) is 0. The van der Waals surface area contributed by atoms with Gasteiger partial charge in [-0.15, -0.1) is 11.3 Å². The third-order valence-electron chi connectivity index (χ3n) is 3.75. The molecular weight excluding hydrogens is 268 g/mol. The van der Waals surface area contributed by atoms with Crippen LogP contribution in [-0.2, 0) is 0 Å². The molecule has 1 aliphatic heterocycles. The minimum Gasteiger partial charge on any atom is -0.328 e. The monoisotopic (exact) mass is 286 g/mol. The molecular formula is C16H18N2OS. The van der Waals surface area contributed by atoms with Crippen molar-refractivity contribution < 1.29 is 4.79 Å². The number of thiazole rings is 1. The Labute approximate surface area is 122 Å². The van der Waals surface area contributed by atoms with Gasteiger partial charge in [0.15, 0.2) is 0 Å². The van der Waals surface area contributed by atoms with Crippen molar-refractivity contribution in [2.24, 2.45) is 0 Å². The number of benzene rings is 1. The smallest absolute Gasteiger partial charge is 0.254 e. The second kappa shape index (κ2) is 5.75. The Bertz CT molecular complexity index is 647. The van der Waals surface area contributed by atoms with E-state index in [0.29, 0.717) is 0 Å². The second-order valence-electron chi connectivity index (χ2n) is 5.13. The SMILES string of the molecule is CCCC[C@H]1C=CCN1C(=O)c1ccc2ncsc2c1. The Morgan fingerprint density at radius 1 is 1.50 bits per heavy atom. The lowest BCUT2D eigenvalue weighted by molar-refractivity contribution is 0.0744. The molecule has 3 nitrogen and oxygen atoms in total. The maximum Gasteiger partial charge on any atom is 0.254 e. The largest absolute Gasteiger partial charge is 0.328 e. The first kappa shape index (κ1) is 13.3. The Balaban J connectivity index is 1.80. The molecule has 104 valence electrons. The zero-order valence-corrected chi connectivity index (χ0v) is 12.4. The van der Waals surface area contributed by atoms with E-state index in [1.807, 2.05) is 28.6 Å². The van der Waals surface area contributed by atoms with Gasteiger partial charge in [0.2, 0.25) is 0 Å². The van der Waals surface area contributed by atoms with E-state index in [1.165, 1.54) is 6.42 Å². The average Bonchev–Trinajstić information content (AvgIpc) is 3.12. The first-order chi connectivity index (χ1) is 9.79. The van der Waals surface area contributed by atoms with Crippen molar-refractivity contribution in [2.45, 2.75) is 32.2 Å². The lowest BCUT2D eigenvalue weighted by Gasteiger charge is -2.24. The highest BCUT2D eigenvalue weighted by Gasteiger charge is 2.25. The second-order valence-corrected chi connectivity index (χ2v) is 6.02. The highest BCUT2D eigenvalue weighted by molar-refractivity contribution is 7.16. The molecule has 0 aliphatic carbocycles. The number of aromatic nitrogens is 1. The Morgan fingerprint density at radius 2 is 2.40 bits per heavy atom. The van der Waals surface area contributed by atoms with Crippen molar-refractivity contribution in [3.8, 4) is 0 Å². The molecule has 2 aromatic rings. The van der Waals surface area contributed by atoms with Crippen molar-refractivity contribution in [3.63, 3.8) is 0 Å². The summed E-state index contributed by atoms with van der Waals surface area (Å²) in [6.45, 7) is 2.91. The first-order valence-corrected chi connectivity index (χ1v) is 7.98. The van der Waals surface area contributed by atoms with E-state index in [9.17, 15) is 4.79 Å². The molecule has 3 rings (SSSR count). The molecule has 0 radical (unpaired) electrons. The molecule has 0 spiro atoms. The molecule has 1 aromatic carbocycles. The van der Waals surface area contributed by atoms with Crippen LogP contribution >= 0.6 is 11.3 Å². The zero-order valence-electron chi connectivity index (χ0n) is 11.6. The molecule has 0 saturated heterocycles. The molecule has 1 atom stereocenters. The predicted octanol–water partition coefficient (Wildman–Crippen LogP) is 3.87. The molecule has 0 saturated carbocycles. The van der Waals surface area contributed by atoms with Gasteiger partial charge in [0.05, 0.1) is 21.8 Å². The summed E-state index contributed by atoms with van der Waals surface area (Å²) in [5.41, 5.74) is 3.56. The van der Waals surface area contributed by atoms with E-state index in [0.717, 1.165) is 35.2 Å². The van der Waals surface area contributed by atoms with Gasteiger partial charge < -0.3 is 4.90 Å². The fourth-order valence-electron chi connectivity index (χ4n) is 2.62. The summed E-state index contributed by atoms with van der Waals surface area (Å²) in [6.07, 6.45) is 7.65. The highest BCUT2D eigenvalue weighted by atomic mass is 32.1. The van der Waals surface area contributed by atoms with Crippen LogP contribution in [0.3, 0.4) is 0 Å². The van der Waals surface area contributed by atoms with E-state index < -0.39 is 0 Å². The molecule has 1 amide bonds. The number of hydrogen-bond donors (Lipinski definition) is 0. The molecule has 2 heterocycles. The van der Waals surface area contributed by atoms with Crippen LogP contribution in [0.25, 0.3) is 10.2 Å². The van der Waals surface area contributed by atoms with Gasteiger partial charge in [0, 0.05) is 12.1 Å². The summed E-state index contributed by atoms with van der Waals surface area (Å²) >= 11 is 1.58. The average molecular weight is 286 g/mol. The normalized spacial score (nSPS) is 18.1. The third-order valence-corrected chi connectivity index (χ3v) is 4.54. The van der Waals surface area contributed by atoms with Crippen LogP contribution in [0.5, 0.6) is 0 Å². The van der Waals surface area contributed by atoms with Gasteiger partial charge in [-0.1, -0.05) is 31.9 Å². The van der Waals surface area contributed by atoms with Gasteiger partial charge >= 0.3 is 0 Å². The lowest BCUT2D eigenvalue weighted by Crippen LogP contribution is -2.36. The molecule has 1 aromatic heterocycles. The fraction of sp³-hybridized carbons (Fsp3) is 0.375. The molecule has 1 aliphatic rings. The number of carbonyl (C=O) groups excluding carboxylic acids is 1. The minimum atomic E-state index is 0.131. The molecule has 0 N–H and O–H groups in total. The number of amides is 1. The number of unbranched alkanes of at least 4 members (excludes halogenated alkanes) is 1. The summed E-state index contributed by atoms with van der Waals surface area (Å²) in [6, 6.07) is 6.05. The number of hydrogen-bond acceptors (Lipinski definition) is 3. The first-order valence-electron chi connectivity index (χ1n) is 7.10. The van der Waals surface area contributed by atoms with Crippen LogP contribution < -0.4 is 0 Å². The van der Waals surface area contributed by atoms with E-state index in [2.05, 4.69) is 24.1 Å². The minimum absolute atomic E-state index is 0.131. The molecule has 4 heteroatoms. The van der Waals surface area contributed by atoms with Crippen molar-refractivity contribution >= 4 is 27.5 Å². The van der Waals surface area contributed by atoms with Crippen LogP contribution in [0.1, 0.15) is 36.5 Å². The van der Waals surface area contributed by atoms with Crippen molar-refractivity contribution in [2.75, 3.05) is 6.54 Å². The zero-order chi connectivity index (χ0) is 13.9. The lowest BCUT2D eigenvalue weighted by atomic mass is 10.1. The Hall–Kier alpha value is -1.68. The molecule has 0 bridgehead atoms. The molecule has 0 fully saturated rings. The van der Waals surface area contributed by atoms with Crippen LogP contribution in [0.15, 0.2) is 35.9 Å². The summed E-state index contributed by atoms with van der Waals surface area (Å²) < 4.78 is 1.08. The van der Waals surface area contributed by atoms with Crippen LogP contribution in [0, 0.1) is 0 Å². The summed E-state index contributed by atoms with van der Waals surface area (Å²) in [5.74, 6) is 0.131. The van der Waals surface area contributed by atoms with Crippen LogP contribution in [-0.4, -0.2) is 28.4 Å². The van der Waals surface area contributed by atoms with E-state index in [-0.39, 0.29) is 11.9 Å². The van der Waals surface area contributed by atoms with Gasteiger partial charge in [0.25, 0.3) is 5.91 Å². The summed E-state index contributed by atoms with van der Waals surface area (Å²) in [5, 5.41) is 0. The standard InChI is InChI=1S/C16H18N2OS/c1-2-3-5-13-6-4-9-18(13)16(19)12-7-8-14-15(10-12)20-11-17-14/h4,6-8,10-11,13H,2-3,5,9H2,1H3/t13-/m0/s1. The quantitative estimate of drug-likeness (QED) is 0.799. The number of rotatable bonds is 4. The van der Waals surface area contributed by atoms with Gasteiger partial charge in [-0.3, -0.25) is 4.79 Å². The molecule has 20 heavy (non-hydrogen) atoms. The maximum atomic E-state index is 12.7. The Kier molecular flexibility index (Phi) is 3.83. The van der Waals surface area contributed by atoms with Gasteiger partial charge in [-0.25, -0.2) is 4.98 Å². The molecule has 0 unspecified atom stereocenters. The predicted molar refractivity (Wildman–Crippen MR) is 83.1 cm³/mol. The Morgan fingerprint density at radius 3 is 3.25 bits per heavy atom. The third kappa shape index (κ3) is 2.48. The van der Waals surface area contributed by atoms with E-state index >= 15 is 0 Å². The fourth-order valence-corrected chi connectivity index (χ4v) is 3.34. The van der Waals surface area contributed by atoms with Gasteiger partial charge in [-0.2, -0.15) is 0 Å². The summed E-state index contributed by atoms with van der Waals surface area (Å²) in [4.78, 5) is 18.9. The van der Waals surface area contributed by atoms with Crippen molar-refractivity contribution in [1.29, 1.82) is 0 Å². The van der Waals surface area contributed by atoms with Gasteiger partial charge in [0.1, 0.15) is 0 Å². The van der Waals surface area contributed by atoms with E-state index in [1.54, 1.807) is 11.3 Å². The van der Waals surface area contributed by atoms with Crippen molar-refractivity contribution in [1.82, 2.24) is 9.88 Å². The number of nitrogens with zero attached hydrogens (tertiary/aromatic N) is 2. The van der Waals surface area contributed by atoms with Crippen LogP contribution in [0.2, 0.25) is 0 Å². The number of fused-ring (bicyclic) bond motifs is 1. The van der Waals surface area contributed by atoms with E-state index in [4.69, 9.17) is 0 Å². The number of carbonyl (C=O) groups is 1. The maximum absolute atomic E-state index is 12.7. The van der Waals surface area contributed by atoms with Crippen LogP contribution in [0.4, 0.5) is 0 Å². The van der Waals surface area contributed by atoms with Gasteiger partial charge in [-0.05, 0) is 24.6 Å². The highest BCUT2D eigenvalue weighted by Crippen LogP contribution is 2.23. The van der Waals surface area contributed by atoms with Crippen molar-refractivity contribution in [3.05, 3.63) is 41.4 Å². The topological polar surface area (TPSA) is 33.2 Å².